The molecule has 2 aromatic rings. The molecule has 5 nitrogen and oxygen atoms in total. The van der Waals surface area contributed by atoms with E-state index in [1.54, 1.807) is 18.2 Å². The van der Waals surface area contributed by atoms with E-state index in [0.29, 0.717) is 24.8 Å². The Bertz CT molecular complexity index is 706. The molecule has 1 aliphatic rings. The molecule has 1 atom stereocenters. The molecule has 3 rings (SSSR count). The number of aromatic nitrogens is 1. The molecule has 0 bridgehead atoms. The third-order valence-corrected chi connectivity index (χ3v) is 3.97. The summed E-state index contributed by atoms with van der Waals surface area (Å²) in [6.45, 7) is 0.781. The SMILES string of the molecule is NC(=O)[C@]1(O)CCCN(c2ccnc3c(F)cccc23)C1. The van der Waals surface area contributed by atoms with Crippen molar-refractivity contribution in [1.82, 2.24) is 4.98 Å². The number of amides is 1. The fourth-order valence-corrected chi connectivity index (χ4v) is 2.84. The number of β-amino-alcohol motifs (C(OH)–C–C–N with tert-alkyl or cyclic N) is 1. The van der Waals surface area contributed by atoms with Crippen molar-refractivity contribution >= 4 is 22.5 Å². The van der Waals surface area contributed by atoms with Crippen molar-refractivity contribution < 1.29 is 14.3 Å². The second-order valence-electron chi connectivity index (χ2n) is 5.39. The Balaban J connectivity index is 2.05. The number of carbonyl (C=O) groups is 1. The maximum Gasteiger partial charge on any atom is 0.251 e. The summed E-state index contributed by atoms with van der Waals surface area (Å²) < 4.78 is 13.8. The van der Waals surface area contributed by atoms with Gasteiger partial charge in [-0.1, -0.05) is 12.1 Å². The summed E-state index contributed by atoms with van der Waals surface area (Å²) in [6.07, 6.45) is 2.51. The average Bonchev–Trinajstić information content (AvgIpc) is 2.47. The molecule has 1 aliphatic heterocycles. The number of aliphatic hydroxyl groups is 1. The Morgan fingerprint density at radius 3 is 3.00 bits per heavy atom. The summed E-state index contributed by atoms with van der Waals surface area (Å²) >= 11 is 0. The lowest BCUT2D eigenvalue weighted by Gasteiger charge is -2.38. The number of rotatable bonds is 2. The van der Waals surface area contributed by atoms with Crippen LogP contribution in [-0.4, -0.2) is 34.7 Å². The van der Waals surface area contributed by atoms with Crippen LogP contribution in [0.1, 0.15) is 12.8 Å². The summed E-state index contributed by atoms with van der Waals surface area (Å²) in [6, 6.07) is 6.51. The quantitative estimate of drug-likeness (QED) is 0.870. The van der Waals surface area contributed by atoms with Gasteiger partial charge in [0.05, 0.1) is 6.54 Å². The van der Waals surface area contributed by atoms with Crippen LogP contribution in [0.15, 0.2) is 30.5 Å². The van der Waals surface area contributed by atoms with E-state index in [0.717, 1.165) is 5.69 Å². The lowest BCUT2D eigenvalue weighted by atomic mass is 9.91. The highest BCUT2D eigenvalue weighted by Gasteiger charge is 2.39. The molecule has 1 saturated heterocycles. The van der Waals surface area contributed by atoms with Gasteiger partial charge in [-0.05, 0) is 25.0 Å². The molecule has 0 saturated carbocycles. The van der Waals surface area contributed by atoms with E-state index in [1.807, 2.05) is 4.90 Å². The summed E-state index contributed by atoms with van der Waals surface area (Å²) in [4.78, 5) is 17.4. The van der Waals surface area contributed by atoms with Crippen molar-refractivity contribution in [3.63, 3.8) is 0 Å². The number of halogens is 1. The molecule has 1 amide bonds. The van der Waals surface area contributed by atoms with Crippen molar-refractivity contribution in [1.29, 1.82) is 0 Å². The number of nitrogens with zero attached hydrogens (tertiary/aromatic N) is 2. The van der Waals surface area contributed by atoms with Crippen LogP contribution in [0, 0.1) is 5.82 Å². The minimum absolute atomic E-state index is 0.109. The zero-order valence-electron chi connectivity index (χ0n) is 11.4. The second-order valence-corrected chi connectivity index (χ2v) is 5.39. The first kappa shape index (κ1) is 13.8. The summed E-state index contributed by atoms with van der Waals surface area (Å²) in [5.74, 6) is -1.12. The zero-order valence-corrected chi connectivity index (χ0v) is 11.4. The first-order valence-electron chi connectivity index (χ1n) is 6.82. The van der Waals surface area contributed by atoms with Crippen molar-refractivity contribution in [2.45, 2.75) is 18.4 Å². The lowest BCUT2D eigenvalue weighted by Crippen LogP contribution is -2.56. The van der Waals surface area contributed by atoms with Crippen molar-refractivity contribution in [3.8, 4) is 0 Å². The van der Waals surface area contributed by atoms with Crippen molar-refractivity contribution in [3.05, 3.63) is 36.3 Å². The van der Waals surface area contributed by atoms with E-state index in [-0.39, 0.29) is 12.1 Å². The number of fused-ring (bicyclic) bond motifs is 1. The van der Waals surface area contributed by atoms with Gasteiger partial charge < -0.3 is 15.7 Å². The highest BCUT2D eigenvalue weighted by atomic mass is 19.1. The number of piperidine rings is 1. The summed E-state index contributed by atoms with van der Waals surface area (Å²) in [7, 11) is 0. The highest BCUT2D eigenvalue weighted by Crippen LogP contribution is 2.31. The maximum absolute atomic E-state index is 13.8. The van der Waals surface area contributed by atoms with Crippen LogP contribution in [-0.2, 0) is 4.79 Å². The normalized spacial score (nSPS) is 22.5. The van der Waals surface area contributed by atoms with Gasteiger partial charge in [0.2, 0.25) is 0 Å². The van der Waals surface area contributed by atoms with Gasteiger partial charge in [-0.2, -0.15) is 0 Å². The number of carbonyl (C=O) groups excluding carboxylic acids is 1. The molecule has 1 aromatic carbocycles. The molecule has 110 valence electrons. The molecule has 2 heterocycles. The molecule has 3 N–H and O–H groups in total. The van der Waals surface area contributed by atoms with Gasteiger partial charge in [0.1, 0.15) is 11.3 Å². The molecule has 1 fully saturated rings. The third-order valence-electron chi connectivity index (χ3n) is 3.97. The molecule has 0 unspecified atom stereocenters. The van der Waals surface area contributed by atoms with Crippen LogP contribution in [0.25, 0.3) is 10.9 Å². The Hall–Kier alpha value is -2.21. The van der Waals surface area contributed by atoms with E-state index < -0.39 is 17.3 Å². The molecular weight excluding hydrogens is 273 g/mol. The van der Waals surface area contributed by atoms with E-state index in [9.17, 15) is 14.3 Å². The predicted molar refractivity (Wildman–Crippen MR) is 77.3 cm³/mol. The Morgan fingerprint density at radius 1 is 1.43 bits per heavy atom. The highest BCUT2D eigenvalue weighted by molar-refractivity contribution is 5.92. The van der Waals surface area contributed by atoms with Gasteiger partial charge in [-0.15, -0.1) is 0 Å². The number of anilines is 1. The van der Waals surface area contributed by atoms with Crippen LogP contribution >= 0.6 is 0 Å². The van der Waals surface area contributed by atoms with Gasteiger partial charge >= 0.3 is 0 Å². The third kappa shape index (κ3) is 2.31. The predicted octanol–water partition coefficient (Wildman–Crippen LogP) is 1.19. The first-order chi connectivity index (χ1) is 10.0. The van der Waals surface area contributed by atoms with Gasteiger partial charge in [0.25, 0.3) is 5.91 Å². The minimum atomic E-state index is -1.54. The smallest absolute Gasteiger partial charge is 0.251 e. The van der Waals surface area contributed by atoms with Gasteiger partial charge in [0.15, 0.2) is 5.60 Å². The fourth-order valence-electron chi connectivity index (χ4n) is 2.84. The molecule has 1 aromatic heterocycles. The molecule has 21 heavy (non-hydrogen) atoms. The summed E-state index contributed by atoms with van der Waals surface area (Å²) in [5.41, 5.74) is 4.78. The Morgan fingerprint density at radius 2 is 2.24 bits per heavy atom. The monoisotopic (exact) mass is 289 g/mol. The van der Waals surface area contributed by atoms with Crippen LogP contribution in [0.3, 0.4) is 0 Å². The minimum Gasteiger partial charge on any atom is -0.378 e. The van der Waals surface area contributed by atoms with E-state index >= 15 is 0 Å². The number of hydrogen-bond acceptors (Lipinski definition) is 4. The van der Waals surface area contributed by atoms with E-state index in [2.05, 4.69) is 4.98 Å². The molecule has 0 spiro atoms. The first-order valence-corrected chi connectivity index (χ1v) is 6.82. The number of pyridine rings is 1. The number of hydrogen-bond donors (Lipinski definition) is 2. The summed E-state index contributed by atoms with van der Waals surface area (Å²) in [5, 5.41) is 11.0. The lowest BCUT2D eigenvalue weighted by molar-refractivity contribution is -0.137. The zero-order chi connectivity index (χ0) is 15.0. The van der Waals surface area contributed by atoms with Crippen molar-refractivity contribution in [2.24, 2.45) is 5.73 Å². The molecule has 0 radical (unpaired) electrons. The largest absolute Gasteiger partial charge is 0.378 e. The Kier molecular flexibility index (Phi) is 3.25. The number of benzene rings is 1. The van der Waals surface area contributed by atoms with Gasteiger partial charge in [-0.3, -0.25) is 9.78 Å². The van der Waals surface area contributed by atoms with E-state index in [1.165, 1.54) is 12.3 Å². The number of para-hydroxylation sites is 1. The average molecular weight is 289 g/mol. The maximum atomic E-state index is 13.8. The van der Waals surface area contributed by atoms with Crippen LogP contribution in [0.2, 0.25) is 0 Å². The second kappa shape index (κ2) is 4.96. The van der Waals surface area contributed by atoms with Crippen LogP contribution in [0.4, 0.5) is 10.1 Å². The van der Waals surface area contributed by atoms with Crippen LogP contribution in [0.5, 0.6) is 0 Å². The van der Waals surface area contributed by atoms with E-state index in [4.69, 9.17) is 5.73 Å². The fraction of sp³-hybridized carbons (Fsp3) is 0.333. The van der Waals surface area contributed by atoms with Gasteiger partial charge in [-0.25, -0.2) is 4.39 Å². The van der Waals surface area contributed by atoms with Crippen LogP contribution < -0.4 is 10.6 Å². The molecule has 0 aliphatic carbocycles. The van der Waals surface area contributed by atoms with Crippen molar-refractivity contribution in [2.75, 3.05) is 18.0 Å². The number of nitrogens with two attached hydrogens (primary N) is 1. The van der Waals surface area contributed by atoms with Gasteiger partial charge in [0, 0.05) is 23.8 Å². The topological polar surface area (TPSA) is 79.5 Å². The molecule has 6 heteroatoms. The molecular formula is C15H16FN3O2. The standard InChI is InChI=1S/C15H16FN3O2/c16-11-4-1-3-10-12(5-7-18-13(10)11)19-8-2-6-15(21,9-19)14(17)20/h1,3-5,7,21H,2,6,8-9H2,(H2,17,20)/t15-/m0/s1. The Labute approximate surface area is 121 Å². The number of primary amides is 1.